The Labute approximate surface area is 148 Å². The summed E-state index contributed by atoms with van der Waals surface area (Å²) in [5.41, 5.74) is 3.29. The lowest BCUT2D eigenvalue weighted by molar-refractivity contribution is 0.625. The zero-order valence-corrected chi connectivity index (χ0v) is 13.8. The van der Waals surface area contributed by atoms with Gasteiger partial charge in [0.1, 0.15) is 17.2 Å². The Bertz CT molecular complexity index is 1040. The average Bonchev–Trinajstić information content (AvgIpc) is 2.97. The number of nitrogens with zero attached hydrogens (tertiary/aromatic N) is 2. The topological polar surface area (TPSA) is 17.8 Å². The van der Waals surface area contributed by atoms with Gasteiger partial charge in [-0.15, -0.1) is 0 Å². The van der Waals surface area contributed by atoms with Crippen LogP contribution in [0.4, 0.5) is 8.78 Å². The van der Waals surface area contributed by atoms with E-state index < -0.39 is 0 Å². The van der Waals surface area contributed by atoms with Gasteiger partial charge in [0.25, 0.3) is 0 Å². The van der Waals surface area contributed by atoms with Gasteiger partial charge in [0.15, 0.2) is 0 Å². The Hall–Kier alpha value is -2.72. The molecule has 0 radical (unpaired) electrons. The molecule has 25 heavy (non-hydrogen) atoms. The first-order valence-corrected chi connectivity index (χ1v) is 8.15. The number of hydrogen-bond donors (Lipinski definition) is 0. The van der Waals surface area contributed by atoms with E-state index in [-0.39, 0.29) is 11.6 Å². The fourth-order valence-corrected chi connectivity index (χ4v) is 3.12. The van der Waals surface area contributed by atoms with Gasteiger partial charge in [-0.1, -0.05) is 35.9 Å². The number of hydrogen-bond acceptors (Lipinski definition) is 1. The fourth-order valence-electron chi connectivity index (χ4n) is 2.91. The van der Waals surface area contributed by atoms with Gasteiger partial charge in [-0.25, -0.2) is 8.78 Å². The van der Waals surface area contributed by atoms with Crippen molar-refractivity contribution in [3.05, 3.63) is 89.0 Å². The quantitative estimate of drug-likeness (QED) is 0.462. The molecular weight excluding hydrogens is 342 g/mol. The molecule has 4 aromatic rings. The third-order valence-corrected chi connectivity index (χ3v) is 4.39. The first kappa shape index (κ1) is 15.8. The third kappa shape index (κ3) is 3.01. The van der Waals surface area contributed by atoms with E-state index in [0.717, 1.165) is 22.2 Å². The minimum atomic E-state index is -0.296. The van der Waals surface area contributed by atoms with Crippen LogP contribution in [0.5, 0.6) is 0 Å². The maximum absolute atomic E-state index is 13.3. The van der Waals surface area contributed by atoms with E-state index in [2.05, 4.69) is 5.10 Å². The maximum atomic E-state index is 13.3. The molecule has 0 N–H and O–H groups in total. The molecule has 0 saturated heterocycles. The largest absolute Gasteiger partial charge is 0.259 e. The van der Waals surface area contributed by atoms with Crippen LogP contribution in [0.2, 0.25) is 5.02 Å². The van der Waals surface area contributed by atoms with Gasteiger partial charge in [-0.2, -0.15) is 5.10 Å². The van der Waals surface area contributed by atoms with Crippen molar-refractivity contribution in [2.24, 2.45) is 0 Å². The molecule has 1 aromatic heterocycles. The van der Waals surface area contributed by atoms with E-state index in [0.29, 0.717) is 17.1 Å². The SMILES string of the molecule is Fc1ccc(Cn2nc3c(Cl)cccc3c2-c2ccc(F)cc2)cc1. The van der Waals surface area contributed by atoms with Crippen molar-refractivity contribution in [3.63, 3.8) is 0 Å². The normalized spacial score (nSPS) is 11.2. The van der Waals surface area contributed by atoms with Crippen molar-refractivity contribution >= 4 is 22.5 Å². The fraction of sp³-hybridized carbons (Fsp3) is 0.0500. The van der Waals surface area contributed by atoms with Crippen LogP contribution in [-0.2, 0) is 6.54 Å². The molecule has 3 aromatic carbocycles. The Kier molecular flexibility index (Phi) is 3.98. The van der Waals surface area contributed by atoms with Gasteiger partial charge >= 0.3 is 0 Å². The highest BCUT2D eigenvalue weighted by Crippen LogP contribution is 2.33. The van der Waals surface area contributed by atoms with E-state index in [4.69, 9.17) is 11.6 Å². The summed E-state index contributed by atoms with van der Waals surface area (Å²) in [4.78, 5) is 0. The van der Waals surface area contributed by atoms with Crippen LogP contribution >= 0.6 is 11.6 Å². The zero-order valence-electron chi connectivity index (χ0n) is 13.1. The van der Waals surface area contributed by atoms with Crippen LogP contribution in [0.15, 0.2) is 66.7 Å². The summed E-state index contributed by atoms with van der Waals surface area (Å²) in [6.07, 6.45) is 0. The van der Waals surface area contributed by atoms with Crippen LogP contribution in [0, 0.1) is 11.6 Å². The molecule has 0 amide bonds. The predicted molar refractivity (Wildman–Crippen MR) is 95.6 cm³/mol. The van der Waals surface area contributed by atoms with Crippen molar-refractivity contribution in [2.75, 3.05) is 0 Å². The van der Waals surface area contributed by atoms with Gasteiger partial charge in [-0.3, -0.25) is 4.68 Å². The van der Waals surface area contributed by atoms with Crippen molar-refractivity contribution in [2.45, 2.75) is 6.54 Å². The van der Waals surface area contributed by atoms with Crippen molar-refractivity contribution in [1.29, 1.82) is 0 Å². The third-order valence-electron chi connectivity index (χ3n) is 4.08. The lowest BCUT2D eigenvalue weighted by Gasteiger charge is -2.08. The van der Waals surface area contributed by atoms with E-state index in [1.165, 1.54) is 24.3 Å². The lowest BCUT2D eigenvalue weighted by atomic mass is 10.1. The van der Waals surface area contributed by atoms with Crippen molar-refractivity contribution in [3.8, 4) is 11.3 Å². The molecule has 0 unspecified atom stereocenters. The molecule has 0 atom stereocenters. The molecular formula is C20H13ClF2N2. The zero-order chi connectivity index (χ0) is 17.4. The number of aromatic nitrogens is 2. The summed E-state index contributed by atoms with van der Waals surface area (Å²) in [6, 6.07) is 18.1. The highest BCUT2D eigenvalue weighted by molar-refractivity contribution is 6.35. The molecule has 4 rings (SSSR count). The van der Waals surface area contributed by atoms with Crippen LogP contribution in [-0.4, -0.2) is 9.78 Å². The summed E-state index contributed by atoms with van der Waals surface area (Å²) >= 11 is 6.29. The Morgan fingerprint density at radius 1 is 0.840 bits per heavy atom. The molecule has 0 aliphatic rings. The minimum absolute atomic E-state index is 0.281. The molecule has 0 saturated carbocycles. The molecule has 0 aliphatic heterocycles. The van der Waals surface area contributed by atoms with Gasteiger partial charge in [-0.05, 0) is 48.0 Å². The summed E-state index contributed by atoms with van der Waals surface area (Å²) in [7, 11) is 0. The molecule has 0 aliphatic carbocycles. The highest BCUT2D eigenvalue weighted by atomic mass is 35.5. The van der Waals surface area contributed by atoms with Crippen LogP contribution in [0.25, 0.3) is 22.2 Å². The number of halogens is 3. The average molecular weight is 355 g/mol. The van der Waals surface area contributed by atoms with E-state index in [1.54, 1.807) is 30.3 Å². The predicted octanol–water partition coefficient (Wildman–Crippen LogP) is 5.68. The second kappa shape index (κ2) is 6.30. The van der Waals surface area contributed by atoms with E-state index in [1.807, 2.05) is 16.8 Å². The van der Waals surface area contributed by atoms with Crippen LogP contribution < -0.4 is 0 Å². The summed E-state index contributed by atoms with van der Waals surface area (Å²) in [6.45, 7) is 0.456. The molecule has 5 heteroatoms. The highest BCUT2D eigenvalue weighted by Gasteiger charge is 2.15. The Morgan fingerprint density at radius 2 is 1.48 bits per heavy atom. The lowest BCUT2D eigenvalue weighted by Crippen LogP contribution is -2.04. The molecule has 0 fully saturated rings. The molecule has 124 valence electrons. The van der Waals surface area contributed by atoms with Gasteiger partial charge < -0.3 is 0 Å². The maximum Gasteiger partial charge on any atom is 0.123 e. The monoisotopic (exact) mass is 354 g/mol. The Morgan fingerprint density at radius 3 is 2.16 bits per heavy atom. The molecule has 0 bridgehead atoms. The van der Waals surface area contributed by atoms with Crippen LogP contribution in [0.3, 0.4) is 0 Å². The van der Waals surface area contributed by atoms with Gasteiger partial charge in [0.05, 0.1) is 17.3 Å². The van der Waals surface area contributed by atoms with Crippen LogP contribution in [0.1, 0.15) is 5.56 Å². The smallest absolute Gasteiger partial charge is 0.123 e. The summed E-state index contributed by atoms with van der Waals surface area (Å²) in [5.74, 6) is -0.577. The minimum Gasteiger partial charge on any atom is -0.259 e. The van der Waals surface area contributed by atoms with E-state index >= 15 is 0 Å². The second-order valence-electron chi connectivity index (χ2n) is 5.78. The first-order chi connectivity index (χ1) is 12.1. The standard InChI is InChI=1S/C20H13ClF2N2/c21-18-3-1-2-17-19(18)24-25(12-13-4-8-15(22)9-5-13)20(17)14-6-10-16(23)11-7-14/h1-11H,12H2. The summed E-state index contributed by atoms with van der Waals surface area (Å²) < 4.78 is 28.3. The summed E-state index contributed by atoms with van der Waals surface area (Å²) in [5, 5.41) is 6.07. The molecule has 0 spiro atoms. The van der Waals surface area contributed by atoms with E-state index in [9.17, 15) is 8.78 Å². The van der Waals surface area contributed by atoms with Gasteiger partial charge in [0.2, 0.25) is 0 Å². The Balaban J connectivity index is 1.90. The molecule has 1 heterocycles. The van der Waals surface area contributed by atoms with Crippen molar-refractivity contribution in [1.82, 2.24) is 9.78 Å². The number of fused-ring (bicyclic) bond motifs is 1. The molecule has 2 nitrogen and oxygen atoms in total. The number of benzene rings is 3. The van der Waals surface area contributed by atoms with Crippen molar-refractivity contribution < 1.29 is 8.78 Å². The first-order valence-electron chi connectivity index (χ1n) is 7.77. The number of rotatable bonds is 3. The van der Waals surface area contributed by atoms with Gasteiger partial charge in [0, 0.05) is 10.9 Å². The second-order valence-corrected chi connectivity index (χ2v) is 6.18.